The Labute approximate surface area is 94.8 Å². The summed E-state index contributed by atoms with van der Waals surface area (Å²) >= 11 is 0. The number of hydrogen-bond acceptors (Lipinski definition) is 4. The summed E-state index contributed by atoms with van der Waals surface area (Å²) in [5.74, 6) is 0. The number of aliphatic hydroxyl groups is 1. The van der Waals surface area contributed by atoms with Crippen molar-refractivity contribution in [2.75, 3.05) is 29.5 Å². The topological polar surface area (TPSA) is 70.3 Å². The average Bonchev–Trinajstić information content (AvgIpc) is 2.29. The van der Waals surface area contributed by atoms with Gasteiger partial charge in [0.05, 0.1) is 17.5 Å². The third-order valence-corrected chi connectivity index (χ3v) is 3.46. The molecule has 0 spiro atoms. The van der Waals surface area contributed by atoms with Gasteiger partial charge in [-0.3, -0.25) is 0 Å². The zero-order valence-electron chi connectivity index (χ0n) is 9.21. The van der Waals surface area contributed by atoms with Crippen LogP contribution >= 0.6 is 0 Å². The van der Waals surface area contributed by atoms with Gasteiger partial charge in [-0.15, -0.1) is 0 Å². The maximum Gasteiger partial charge on any atom is 0.0847 e. The largest absolute Gasteiger partial charge is 0.398 e. The summed E-state index contributed by atoms with van der Waals surface area (Å²) in [5.41, 5.74) is 11.1. The van der Waals surface area contributed by atoms with Crippen molar-refractivity contribution >= 4 is 17.1 Å². The number of nitrogens with two attached hydrogens (primary N) is 1. The first kappa shape index (κ1) is 9.78. The Bertz CT molecular complexity index is 431. The molecule has 1 aromatic carbocycles. The SMILES string of the molecule is Nc1cc2c(c3c1C(O)CCN3)NCCC2. The fourth-order valence-electron chi connectivity index (χ4n) is 2.69. The maximum absolute atomic E-state index is 10.00. The Morgan fingerprint density at radius 1 is 1.25 bits per heavy atom. The van der Waals surface area contributed by atoms with Crippen molar-refractivity contribution in [2.45, 2.75) is 25.4 Å². The van der Waals surface area contributed by atoms with Crippen LogP contribution in [0.15, 0.2) is 6.07 Å². The number of rotatable bonds is 0. The van der Waals surface area contributed by atoms with Gasteiger partial charge in [0.1, 0.15) is 0 Å². The molecule has 0 fully saturated rings. The highest BCUT2D eigenvalue weighted by molar-refractivity contribution is 5.83. The minimum Gasteiger partial charge on any atom is -0.398 e. The van der Waals surface area contributed by atoms with E-state index in [1.807, 2.05) is 6.07 Å². The fourth-order valence-corrected chi connectivity index (χ4v) is 2.69. The van der Waals surface area contributed by atoms with Crippen LogP contribution in [0.25, 0.3) is 0 Å². The number of fused-ring (bicyclic) bond motifs is 3. The normalized spacial score (nSPS) is 22.7. The van der Waals surface area contributed by atoms with E-state index in [-0.39, 0.29) is 0 Å². The third-order valence-electron chi connectivity index (χ3n) is 3.46. The van der Waals surface area contributed by atoms with Crippen molar-refractivity contribution in [3.8, 4) is 0 Å². The van der Waals surface area contributed by atoms with E-state index in [1.54, 1.807) is 0 Å². The van der Waals surface area contributed by atoms with E-state index in [0.717, 1.165) is 55.0 Å². The van der Waals surface area contributed by atoms with Crippen LogP contribution in [0.3, 0.4) is 0 Å². The Morgan fingerprint density at radius 3 is 2.94 bits per heavy atom. The minimum absolute atomic E-state index is 0.426. The first-order valence-electron chi connectivity index (χ1n) is 5.88. The van der Waals surface area contributed by atoms with Crippen LogP contribution < -0.4 is 16.4 Å². The number of hydrogen-bond donors (Lipinski definition) is 4. The second-order valence-corrected chi connectivity index (χ2v) is 4.55. The zero-order chi connectivity index (χ0) is 11.1. The lowest BCUT2D eigenvalue weighted by molar-refractivity contribution is 0.169. The molecule has 0 amide bonds. The van der Waals surface area contributed by atoms with Crippen molar-refractivity contribution in [1.82, 2.24) is 0 Å². The fraction of sp³-hybridized carbons (Fsp3) is 0.500. The molecule has 0 saturated carbocycles. The molecule has 0 radical (unpaired) electrons. The quantitative estimate of drug-likeness (QED) is 0.499. The molecule has 0 aromatic heterocycles. The monoisotopic (exact) mass is 219 g/mol. The highest BCUT2D eigenvalue weighted by Gasteiger charge is 2.26. The molecule has 0 aliphatic carbocycles. The van der Waals surface area contributed by atoms with Crippen molar-refractivity contribution in [2.24, 2.45) is 0 Å². The summed E-state index contributed by atoms with van der Waals surface area (Å²) in [6.45, 7) is 1.81. The van der Waals surface area contributed by atoms with E-state index in [4.69, 9.17) is 5.73 Å². The van der Waals surface area contributed by atoms with Gasteiger partial charge in [0.25, 0.3) is 0 Å². The molecule has 3 rings (SSSR count). The molecule has 1 aromatic rings. The van der Waals surface area contributed by atoms with Crippen molar-refractivity contribution in [3.63, 3.8) is 0 Å². The predicted molar refractivity (Wildman–Crippen MR) is 65.7 cm³/mol. The summed E-state index contributed by atoms with van der Waals surface area (Å²) in [4.78, 5) is 0. The van der Waals surface area contributed by atoms with Gasteiger partial charge in [-0.1, -0.05) is 0 Å². The van der Waals surface area contributed by atoms with E-state index < -0.39 is 6.10 Å². The summed E-state index contributed by atoms with van der Waals surface area (Å²) in [5, 5.41) is 16.8. The number of aliphatic hydroxyl groups excluding tert-OH is 1. The van der Waals surface area contributed by atoms with Crippen molar-refractivity contribution < 1.29 is 5.11 Å². The van der Waals surface area contributed by atoms with Crippen LogP contribution in [0.2, 0.25) is 0 Å². The molecule has 2 heterocycles. The van der Waals surface area contributed by atoms with E-state index in [0.29, 0.717) is 0 Å². The van der Waals surface area contributed by atoms with Crippen molar-refractivity contribution in [3.05, 3.63) is 17.2 Å². The molecule has 0 bridgehead atoms. The van der Waals surface area contributed by atoms with Crippen LogP contribution in [0, 0.1) is 0 Å². The van der Waals surface area contributed by atoms with Crippen LogP contribution in [-0.2, 0) is 6.42 Å². The third kappa shape index (κ3) is 1.33. The molecular formula is C12H17N3O. The Morgan fingerprint density at radius 2 is 2.06 bits per heavy atom. The van der Waals surface area contributed by atoms with E-state index in [2.05, 4.69) is 10.6 Å². The van der Waals surface area contributed by atoms with Gasteiger partial charge in [0, 0.05) is 24.3 Å². The molecular weight excluding hydrogens is 202 g/mol. The summed E-state index contributed by atoms with van der Waals surface area (Å²) in [6, 6.07) is 2.01. The van der Waals surface area contributed by atoms with Gasteiger partial charge >= 0.3 is 0 Å². The molecule has 16 heavy (non-hydrogen) atoms. The maximum atomic E-state index is 10.00. The lowest BCUT2D eigenvalue weighted by Gasteiger charge is -2.30. The molecule has 0 saturated heterocycles. The highest BCUT2D eigenvalue weighted by atomic mass is 16.3. The molecule has 1 atom stereocenters. The summed E-state index contributed by atoms with van der Waals surface area (Å²) in [6.07, 6.45) is 2.52. The Kier molecular flexibility index (Phi) is 2.17. The Balaban J connectivity index is 2.20. The second kappa shape index (κ2) is 3.56. The molecule has 2 aliphatic heterocycles. The van der Waals surface area contributed by atoms with Crippen LogP contribution in [0.1, 0.15) is 30.1 Å². The number of nitrogens with one attached hydrogen (secondary N) is 2. The number of anilines is 3. The van der Waals surface area contributed by atoms with Crippen LogP contribution in [0.5, 0.6) is 0 Å². The molecule has 86 valence electrons. The molecule has 1 unspecified atom stereocenters. The highest BCUT2D eigenvalue weighted by Crippen LogP contribution is 2.43. The molecule has 5 N–H and O–H groups in total. The van der Waals surface area contributed by atoms with Gasteiger partial charge in [-0.05, 0) is 30.9 Å². The van der Waals surface area contributed by atoms with Gasteiger partial charge in [-0.2, -0.15) is 0 Å². The lowest BCUT2D eigenvalue weighted by atomic mass is 9.92. The molecule has 2 aliphatic rings. The summed E-state index contributed by atoms with van der Waals surface area (Å²) < 4.78 is 0. The predicted octanol–water partition coefficient (Wildman–Crippen LogP) is 1.48. The first-order chi connectivity index (χ1) is 7.77. The average molecular weight is 219 g/mol. The summed E-state index contributed by atoms with van der Waals surface area (Å²) in [7, 11) is 0. The van der Waals surface area contributed by atoms with Crippen LogP contribution in [-0.4, -0.2) is 18.2 Å². The Hall–Kier alpha value is -1.42. The van der Waals surface area contributed by atoms with Crippen LogP contribution in [0.4, 0.5) is 17.1 Å². The van der Waals surface area contributed by atoms with Crippen molar-refractivity contribution in [1.29, 1.82) is 0 Å². The zero-order valence-corrected chi connectivity index (χ0v) is 9.21. The molecule has 4 nitrogen and oxygen atoms in total. The minimum atomic E-state index is -0.426. The van der Waals surface area contributed by atoms with Gasteiger partial charge in [0.2, 0.25) is 0 Å². The van der Waals surface area contributed by atoms with Gasteiger partial charge in [0.15, 0.2) is 0 Å². The van der Waals surface area contributed by atoms with Gasteiger partial charge < -0.3 is 21.5 Å². The molecule has 4 heteroatoms. The first-order valence-corrected chi connectivity index (χ1v) is 5.88. The van der Waals surface area contributed by atoms with Gasteiger partial charge in [-0.25, -0.2) is 0 Å². The number of aryl methyl sites for hydroxylation is 1. The van der Waals surface area contributed by atoms with E-state index in [9.17, 15) is 5.11 Å². The number of nitrogen functional groups attached to an aromatic ring is 1. The standard InChI is InChI=1S/C12H17N3O/c13-8-6-7-2-1-4-14-11(7)12-10(8)9(16)3-5-15-12/h6,9,14-16H,1-5,13H2. The lowest BCUT2D eigenvalue weighted by Crippen LogP contribution is -2.22. The van der Waals surface area contributed by atoms with E-state index >= 15 is 0 Å². The second-order valence-electron chi connectivity index (χ2n) is 4.55. The smallest absolute Gasteiger partial charge is 0.0847 e. The van der Waals surface area contributed by atoms with E-state index in [1.165, 1.54) is 5.56 Å². The number of benzene rings is 1.